The van der Waals surface area contributed by atoms with Crippen LogP contribution in [0, 0.1) is 5.82 Å². The van der Waals surface area contributed by atoms with Gasteiger partial charge in [-0.3, -0.25) is 0 Å². The highest BCUT2D eigenvalue weighted by molar-refractivity contribution is 6.30. The van der Waals surface area contributed by atoms with E-state index in [0.717, 1.165) is 6.07 Å². The first-order valence-electron chi connectivity index (χ1n) is 5.97. The normalized spacial score (nSPS) is 11.5. The summed E-state index contributed by atoms with van der Waals surface area (Å²) < 4.78 is 52.3. The second-order valence-corrected chi connectivity index (χ2v) is 4.55. The van der Waals surface area contributed by atoms with Crippen molar-refractivity contribution in [2.24, 2.45) is 0 Å². The zero-order chi connectivity index (χ0) is 15.6. The Morgan fingerprint density at radius 3 is 2.48 bits per heavy atom. The molecule has 0 bridgehead atoms. The van der Waals surface area contributed by atoms with Crippen LogP contribution < -0.4 is 5.32 Å². The maximum Gasteiger partial charge on any atom is 0.433 e. The summed E-state index contributed by atoms with van der Waals surface area (Å²) in [5.74, 6) is -0.964. The van der Waals surface area contributed by atoms with Crippen LogP contribution in [0.1, 0.15) is 12.6 Å². The summed E-state index contributed by atoms with van der Waals surface area (Å²) in [7, 11) is 0. The van der Waals surface area contributed by atoms with Crippen molar-refractivity contribution in [3.8, 4) is 11.3 Å². The Morgan fingerprint density at radius 1 is 1.19 bits per heavy atom. The van der Waals surface area contributed by atoms with Crippen molar-refractivity contribution in [2.75, 3.05) is 11.9 Å². The van der Waals surface area contributed by atoms with Gasteiger partial charge in [-0.05, 0) is 31.2 Å². The Balaban J connectivity index is 2.59. The first-order chi connectivity index (χ1) is 9.81. The Labute approximate surface area is 123 Å². The van der Waals surface area contributed by atoms with Gasteiger partial charge >= 0.3 is 6.18 Å². The minimum Gasteiger partial charge on any atom is -0.354 e. The number of nitrogens with zero attached hydrogens (tertiary/aromatic N) is 2. The van der Waals surface area contributed by atoms with Crippen LogP contribution in [0.4, 0.5) is 23.5 Å². The third-order valence-electron chi connectivity index (χ3n) is 2.56. The van der Waals surface area contributed by atoms with Crippen LogP contribution in [0.25, 0.3) is 11.3 Å². The van der Waals surface area contributed by atoms with Crippen molar-refractivity contribution in [3.63, 3.8) is 0 Å². The monoisotopic (exact) mass is 319 g/mol. The molecule has 0 radical (unpaired) electrons. The largest absolute Gasteiger partial charge is 0.433 e. The van der Waals surface area contributed by atoms with E-state index >= 15 is 0 Å². The zero-order valence-corrected chi connectivity index (χ0v) is 11.6. The molecule has 112 valence electrons. The van der Waals surface area contributed by atoms with Crippen molar-refractivity contribution < 1.29 is 17.6 Å². The molecule has 0 saturated carbocycles. The van der Waals surface area contributed by atoms with Gasteiger partial charge in [0.25, 0.3) is 0 Å². The molecule has 1 N–H and O–H groups in total. The van der Waals surface area contributed by atoms with Crippen molar-refractivity contribution in [2.45, 2.75) is 13.1 Å². The molecule has 3 nitrogen and oxygen atoms in total. The van der Waals surface area contributed by atoms with E-state index in [9.17, 15) is 17.6 Å². The van der Waals surface area contributed by atoms with Crippen molar-refractivity contribution >= 4 is 17.5 Å². The molecule has 0 amide bonds. The molecule has 2 aromatic rings. The lowest BCUT2D eigenvalue weighted by Gasteiger charge is -2.11. The number of hydrogen-bond acceptors (Lipinski definition) is 3. The van der Waals surface area contributed by atoms with E-state index in [-0.39, 0.29) is 22.2 Å². The van der Waals surface area contributed by atoms with Crippen molar-refractivity contribution in [3.05, 3.63) is 40.8 Å². The summed E-state index contributed by atoms with van der Waals surface area (Å²) in [6.07, 6.45) is -4.65. The van der Waals surface area contributed by atoms with E-state index in [1.54, 1.807) is 6.92 Å². The lowest BCUT2D eigenvalue weighted by Crippen LogP contribution is -2.12. The molecular formula is C13H10ClF4N3. The number of rotatable bonds is 3. The fourth-order valence-electron chi connectivity index (χ4n) is 1.66. The van der Waals surface area contributed by atoms with E-state index in [4.69, 9.17) is 11.6 Å². The van der Waals surface area contributed by atoms with E-state index < -0.39 is 17.7 Å². The van der Waals surface area contributed by atoms with E-state index in [1.807, 2.05) is 0 Å². The SMILES string of the molecule is CCNc1nc(-c2ccc(Cl)cc2F)cc(C(F)(F)F)n1. The third-order valence-corrected chi connectivity index (χ3v) is 2.79. The van der Waals surface area contributed by atoms with Crippen molar-refractivity contribution in [1.29, 1.82) is 0 Å². The highest BCUT2D eigenvalue weighted by atomic mass is 35.5. The molecule has 1 heterocycles. The molecule has 0 aliphatic carbocycles. The number of hydrogen-bond donors (Lipinski definition) is 1. The van der Waals surface area contributed by atoms with Gasteiger partial charge in [-0.15, -0.1) is 0 Å². The van der Waals surface area contributed by atoms with Gasteiger partial charge in [-0.1, -0.05) is 11.6 Å². The summed E-state index contributed by atoms with van der Waals surface area (Å²) in [6.45, 7) is 2.02. The Kier molecular flexibility index (Phi) is 4.32. The molecule has 8 heteroatoms. The second-order valence-electron chi connectivity index (χ2n) is 4.11. The van der Waals surface area contributed by atoms with E-state index in [2.05, 4.69) is 15.3 Å². The van der Waals surface area contributed by atoms with Gasteiger partial charge in [0.2, 0.25) is 5.95 Å². The number of anilines is 1. The molecule has 1 aromatic carbocycles. The molecule has 1 aromatic heterocycles. The van der Waals surface area contributed by atoms with Gasteiger partial charge in [0.15, 0.2) is 5.69 Å². The molecule has 0 saturated heterocycles. The average Bonchev–Trinajstić information content (AvgIpc) is 2.37. The van der Waals surface area contributed by atoms with Gasteiger partial charge in [-0.2, -0.15) is 13.2 Å². The molecule has 21 heavy (non-hydrogen) atoms. The Bertz CT molecular complexity index is 658. The number of nitrogens with one attached hydrogen (secondary N) is 1. The molecule has 0 unspecified atom stereocenters. The van der Waals surface area contributed by atoms with Gasteiger partial charge in [0.1, 0.15) is 5.82 Å². The van der Waals surface area contributed by atoms with Gasteiger partial charge in [0, 0.05) is 17.1 Å². The maximum atomic E-state index is 13.8. The zero-order valence-electron chi connectivity index (χ0n) is 10.8. The Morgan fingerprint density at radius 2 is 1.90 bits per heavy atom. The van der Waals surface area contributed by atoms with E-state index in [1.165, 1.54) is 12.1 Å². The highest BCUT2D eigenvalue weighted by Gasteiger charge is 2.34. The Hall–Kier alpha value is -1.89. The molecule has 0 spiro atoms. The van der Waals surface area contributed by atoms with Crippen LogP contribution in [0.5, 0.6) is 0 Å². The predicted octanol–water partition coefficient (Wildman–Crippen LogP) is 4.39. The number of aromatic nitrogens is 2. The number of halogens is 5. The van der Waals surface area contributed by atoms with E-state index in [0.29, 0.717) is 12.6 Å². The molecule has 2 rings (SSSR count). The van der Waals surface area contributed by atoms with Crippen LogP contribution in [0.3, 0.4) is 0 Å². The predicted molar refractivity (Wildman–Crippen MR) is 71.6 cm³/mol. The number of benzene rings is 1. The van der Waals surface area contributed by atoms with Gasteiger partial charge in [0.05, 0.1) is 5.69 Å². The maximum absolute atomic E-state index is 13.8. The first-order valence-corrected chi connectivity index (χ1v) is 6.34. The molecule has 0 fully saturated rings. The minimum absolute atomic E-state index is 0.0774. The third kappa shape index (κ3) is 3.60. The van der Waals surface area contributed by atoms with Crippen LogP contribution >= 0.6 is 11.6 Å². The van der Waals surface area contributed by atoms with Crippen molar-refractivity contribution in [1.82, 2.24) is 9.97 Å². The molecule has 0 aliphatic rings. The fraction of sp³-hybridized carbons (Fsp3) is 0.231. The molecular weight excluding hydrogens is 310 g/mol. The lowest BCUT2D eigenvalue weighted by atomic mass is 10.1. The van der Waals surface area contributed by atoms with Crippen LogP contribution in [-0.4, -0.2) is 16.5 Å². The van der Waals surface area contributed by atoms with Crippen LogP contribution in [-0.2, 0) is 6.18 Å². The minimum atomic E-state index is -4.65. The van der Waals surface area contributed by atoms with Crippen LogP contribution in [0.15, 0.2) is 24.3 Å². The lowest BCUT2D eigenvalue weighted by molar-refractivity contribution is -0.141. The smallest absolute Gasteiger partial charge is 0.354 e. The summed E-state index contributed by atoms with van der Waals surface area (Å²) in [5, 5.41) is 2.74. The number of alkyl halides is 3. The highest BCUT2D eigenvalue weighted by Crippen LogP contribution is 2.32. The van der Waals surface area contributed by atoms with Gasteiger partial charge < -0.3 is 5.32 Å². The quantitative estimate of drug-likeness (QED) is 0.853. The fourth-order valence-corrected chi connectivity index (χ4v) is 1.82. The molecule has 0 atom stereocenters. The van der Waals surface area contributed by atoms with Gasteiger partial charge in [-0.25, -0.2) is 14.4 Å². The second kappa shape index (κ2) is 5.85. The summed E-state index contributed by atoms with van der Waals surface area (Å²) in [5.41, 5.74) is -1.38. The standard InChI is InChI=1S/C13H10ClF4N3/c1-2-19-12-20-10(6-11(21-12)13(16,17)18)8-4-3-7(14)5-9(8)15/h3-6H,2H2,1H3,(H,19,20,21). The first kappa shape index (κ1) is 15.5. The summed E-state index contributed by atoms with van der Waals surface area (Å²) >= 11 is 5.62. The summed E-state index contributed by atoms with van der Waals surface area (Å²) in [4.78, 5) is 7.26. The topological polar surface area (TPSA) is 37.8 Å². The van der Waals surface area contributed by atoms with Crippen LogP contribution in [0.2, 0.25) is 5.02 Å². The average molecular weight is 320 g/mol. The summed E-state index contributed by atoms with van der Waals surface area (Å²) in [6, 6.07) is 4.37. The molecule has 0 aliphatic heterocycles.